The van der Waals surface area contributed by atoms with Crippen LogP contribution in [0.1, 0.15) is 108 Å². The predicted octanol–water partition coefficient (Wildman–Crippen LogP) is 9.05. The molecule has 0 aliphatic carbocycles. The van der Waals surface area contributed by atoms with Gasteiger partial charge in [-0.25, -0.2) is 4.79 Å². The van der Waals surface area contributed by atoms with Crippen molar-refractivity contribution in [3.63, 3.8) is 0 Å². The molecule has 1 amide bonds. The van der Waals surface area contributed by atoms with E-state index in [4.69, 9.17) is 9.15 Å². The molecule has 0 aliphatic heterocycles. The summed E-state index contributed by atoms with van der Waals surface area (Å²) >= 11 is 0. The van der Waals surface area contributed by atoms with E-state index in [1.54, 1.807) is 48.5 Å². The number of carbonyl (C=O) groups excluding carboxylic acids is 2. The van der Waals surface area contributed by atoms with Crippen molar-refractivity contribution in [2.24, 2.45) is 0 Å². The molecule has 0 bridgehead atoms. The van der Waals surface area contributed by atoms with Gasteiger partial charge in [-0.1, -0.05) is 52.2 Å². The first-order valence-electron chi connectivity index (χ1n) is 16.5. The van der Waals surface area contributed by atoms with Crippen LogP contribution in [0.2, 0.25) is 0 Å². The third kappa shape index (κ3) is 10.2. The molecule has 47 heavy (non-hydrogen) atoms. The van der Waals surface area contributed by atoms with E-state index in [1.807, 2.05) is 12.1 Å². The first-order valence-corrected chi connectivity index (χ1v) is 16.5. The van der Waals surface area contributed by atoms with Crippen molar-refractivity contribution in [1.29, 1.82) is 0 Å². The molecule has 0 radical (unpaired) electrons. The molecule has 0 fully saturated rings. The number of aromatic carboxylic acids is 1. The van der Waals surface area contributed by atoms with Crippen LogP contribution in [0.3, 0.4) is 0 Å². The van der Waals surface area contributed by atoms with Crippen LogP contribution in [-0.4, -0.2) is 53.9 Å². The molecule has 4 aromatic rings. The maximum absolute atomic E-state index is 13.9. The van der Waals surface area contributed by atoms with Crippen molar-refractivity contribution in [1.82, 2.24) is 4.90 Å². The number of halogens is 1. The van der Waals surface area contributed by atoms with Gasteiger partial charge in [-0.3, -0.25) is 9.59 Å². The Kier molecular flexibility index (Phi) is 15.0. The van der Waals surface area contributed by atoms with Gasteiger partial charge in [0, 0.05) is 29.5 Å². The van der Waals surface area contributed by atoms with Gasteiger partial charge in [0.15, 0.2) is 5.78 Å². The summed E-state index contributed by atoms with van der Waals surface area (Å²) in [6.07, 6.45) is 8.12. The fourth-order valence-electron chi connectivity index (χ4n) is 5.45. The second kappa shape index (κ2) is 18.9. The average molecular weight is 663 g/mol. The topological polar surface area (TPSA) is 109 Å². The second-order valence-corrected chi connectivity index (χ2v) is 11.6. The van der Waals surface area contributed by atoms with Crippen LogP contribution < -0.4 is 10.1 Å². The summed E-state index contributed by atoms with van der Waals surface area (Å²) in [7, 11) is 0. The fourth-order valence-corrected chi connectivity index (χ4v) is 5.45. The molecule has 8 nitrogen and oxygen atoms in total. The van der Waals surface area contributed by atoms with E-state index in [-0.39, 0.29) is 35.0 Å². The number of nitrogens with one attached hydrogen (secondary N) is 1. The predicted molar refractivity (Wildman–Crippen MR) is 190 cm³/mol. The first-order chi connectivity index (χ1) is 22.4. The zero-order chi connectivity index (χ0) is 32.9. The fraction of sp³-hybridized carbons (Fsp3) is 0.395. The SMILES string of the molecule is CCCCc1oc2ccc(C(=O)Nc3ccccc3C(=O)O)cc2c1C(=O)c1ccc(OCCCN(CCCC)CCCC)cc1.Cl. The number of ether oxygens (including phenoxy) is 1. The second-order valence-electron chi connectivity index (χ2n) is 11.6. The largest absolute Gasteiger partial charge is 0.494 e. The molecule has 3 aromatic carbocycles. The molecular weight excluding hydrogens is 616 g/mol. The lowest BCUT2D eigenvalue weighted by Crippen LogP contribution is -2.28. The highest BCUT2D eigenvalue weighted by Gasteiger charge is 2.23. The molecule has 4 rings (SSSR count). The number of carboxylic acids is 1. The van der Waals surface area contributed by atoms with Crippen molar-refractivity contribution < 1.29 is 28.6 Å². The van der Waals surface area contributed by atoms with Gasteiger partial charge in [0.25, 0.3) is 5.91 Å². The lowest BCUT2D eigenvalue weighted by atomic mass is 9.97. The molecule has 0 unspecified atom stereocenters. The summed E-state index contributed by atoms with van der Waals surface area (Å²) < 4.78 is 12.2. The number of nitrogens with zero attached hydrogens (tertiary/aromatic N) is 1. The highest BCUT2D eigenvalue weighted by atomic mass is 35.5. The number of benzene rings is 3. The molecule has 0 saturated heterocycles. The number of carboxylic acid groups (broad SMARTS) is 1. The molecule has 0 aliphatic rings. The molecule has 252 valence electrons. The first kappa shape index (κ1) is 37.3. The minimum absolute atomic E-state index is 0. The summed E-state index contributed by atoms with van der Waals surface area (Å²) in [6, 6.07) is 18.4. The van der Waals surface area contributed by atoms with Crippen LogP contribution in [-0.2, 0) is 6.42 Å². The van der Waals surface area contributed by atoms with Gasteiger partial charge in [0.2, 0.25) is 0 Å². The van der Waals surface area contributed by atoms with Crippen molar-refractivity contribution in [2.45, 2.75) is 72.1 Å². The maximum atomic E-state index is 13.9. The number of rotatable bonds is 19. The number of carbonyl (C=O) groups is 3. The van der Waals surface area contributed by atoms with Gasteiger partial charge in [-0.05, 0) is 93.4 Å². The zero-order valence-corrected chi connectivity index (χ0v) is 28.5. The Labute approximate surface area is 283 Å². The minimum Gasteiger partial charge on any atom is -0.494 e. The van der Waals surface area contributed by atoms with Gasteiger partial charge in [0.1, 0.15) is 17.1 Å². The number of fused-ring (bicyclic) bond motifs is 1. The molecule has 0 saturated carbocycles. The zero-order valence-electron chi connectivity index (χ0n) is 27.7. The number of ketones is 1. The van der Waals surface area contributed by atoms with Crippen molar-refractivity contribution >= 4 is 46.7 Å². The standard InChI is InChI=1S/C38H46N2O6.ClH/c1-4-7-15-34-35(31-26-28(18-21-33(31)46-34)37(42)39-32-14-11-10-13-30(32)38(43)44)36(41)27-16-19-29(20-17-27)45-25-12-24-40(22-8-5-2)23-9-6-3;/h10-11,13-14,16-21,26H,4-9,12,15,22-25H2,1-3H3,(H,39,42)(H,43,44);1H. The highest BCUT2D eigenvalue weighted by molar-refractivity contribution is 6.18. The number of hydrogen-bond acceptors (Lipinski definition) is 6. The number of amides is 1. The third-order valence-corrected chi connectivity index (χ3v) is 8.07. The Balaban J connectivity index is 0.00000600. The number of unbranched alkanes of at least 4 members (excludes halogenated alkanes) is 3. The van der Waals surface area contributed by atoms with Crippen LogP contribution in [0.5, 0.6) is 5.75 Å². The number of hydrogen-bond donors (Lipinski definition) is 2. The summed E-state index contributed by atoms with van der Waals surface area (Å²) in [4.78, 5) is 41.3. The lowest BCUT2D eigenvalue weighted by Gasteiger charge is -2.21. The van der Waals surface area contributed by atoms with E-state index in [1.165, 1.54) is 31.7 Å². The van der Waals surface area contributed by atoms with Gasteiger partial charge in [0.05, 0.1) is 23.4 Å². The van der Waals surface area contributed by atoms with Gasteiger partial charge in [-0.15, -0.1) is 12.4 Å². The van der Waals surface area contributed by atoms with Gasteiger partial charge in [-0.2, -0.15) is 0 Å². The Hall–Kier alpha value is -4.14. The monoisotopic (exact) mass is 662 g/mol. The van der Waals surface area contributed by atoms with Crippen LogP contribution in [0.4, 0.5) is 5.69 Å². The lowest BCUT2D eigenvalue weighted by molar-refractivity contribution is 0.0697. The molecule has 1 aromatic heterocycles. The molecule has 0 atom stereocenters. The molecule has 9 heteroatoms. The Morgan fingerprint density at radius 1 is 0.809 bits per heavy atom. The van der Waals surface area contributed by atoms with Crippen molar-refractivity contribution in [3.05, 3.63) is 94.7 Å². The number of aryl methyl sites for hydroxylation is 1. The van der Waals surface area contributed by atoms with E-state index in [9.17, 15) is 19.5 Å². The smallest absolute Gasteiger partial charge is 0.337 e. The minimum atomic E-state index is -1.14. The molecular formula is C38H47ClN2O6. The summed E-state index contributed by atoms with van der Waals surface area (Å²) in [5, 5.41) is 12.7. The number of furan rings is 1. The Bertz CT molecular complexity index is 1610. The van der Waals surface area contributed by atoms with E-state index in [0.29, 0.717) is 46.6 Å². The van der Waals surface area contributed by atoms with Gasteiger partial charge >= 0.3 is 5.97 Å². The number of anilines is 1. The van der Waals surface area contributed by atoms with Crippen LogP contribution >= 0.6 is 12.4 Å². The molecule has 0 spiro atoms. The van der Waals surface area contributed by atoms with E-state index in [2.05, 4.69) is 31.0 Å². The number of para-hydroxylation sites is 1. The van der Waals surface area contributed by atoms with E-state index >= 15 is 0 Å². The van der Waals surface area contributed by atoms with Crippen molar-refractivity contribution in [3.8, 4) is 5.75 Å². The van der Waals surface area contributed by atoms with E-state index in [0.717, 1.165) is 38.9 Å². The molecule has 1 heterocycles. The summed E-state index contributed by atoms with van der Waals surface area (Å²) in [5.74, 6) is -0.499. The van der Waals surface area contributed by atoms with E-state index < -0.39 is 11.9 Å². The average Bonchev–Trinajstić information content (AvgIpc) is 3.44. The van der Waals surface area contributed by atoms with Gasteiger partial charge < -0.3 is 24.5 Å². The Morgan fingerprint density at radius 2 is 1.45 bits per heavy atom. The van der Waals surface area contributed by atoms with Crippen molar-refractivity contribution in [2.75, 3.05) is 31.6 Å². The molecule has 2 N–H and O–H groups in total. The third-order valence-electron chi connectivity index (χ3n) is 8.07. The summed E-state index contributed by atoms with van der Waals surface area (Å²) in [6.45, 7) is 10.4. The Morgan fingerprint density at radius 3 is 2.11 bits per heavy atom. The van der Waals surface area contributed by atoms with Crippen LogP contribution in [0.15, 0.2) is 71.1 Å². The van der Waals surface area contributed by atoms with Crippen LogP contribution in [0, 0.1) is 0 Å². The van der Waals surface area contributed by atoms with Crippen LogP contribution in [0.25, 0.3) is 11.0 Å². The quantitative estimate of drug-likeness (QED) is 0.0761. The summed E-state index contributed by atoms with van der Waals surface area (Å²) in [5.41, 5.74) is 1.94. The normalized spacial score (nSPS) is 11.0. The maximum Gasteiger partial charge on any atom is 0.337 e. The highest BCUT2D eigenvalue weighted by Crippen LogP contribution is 2.31.